The number of pyridine rings is 2. The highest BCUT2D eigenvalue weighted by Gasteiger charge is 2.11. The predicted octanol–water partition coefficient (Wildman–Crippen LogP) is 1.65. The maximum Gasteiger partial charge on any atom is 0.254 e. The first-order valence-electron chi connectivity index (χ1n) is 5.78. The minimum atomic E-state index is -0.342. The quantitative estimate of drug-likeness (QED) is 0.836. The molecular formula is C13H13ClN4O2. The van der Waals surface area contributed by atoms with Crippen LogP contribution >= 0.6 is 11.6 Å². The van der Waals surface area contributed by atoms with E-state index in [1.807, 2.05) is 0 Å². The van der Waals surface area contributed by atoms with E-state index in [1.54, 1.807) is 18.3 Å². The van der Waals surface area contributed by atoms with Gasteiger partial charge in [-0.25, -0.2) is 9.97 Å². The fraction of sp³-hybridized carbons (Fsp3) is 0.154. The summed E-state index contributed by atoms with van der Waals surface area (Å²) >= 11 is 5.86. The van der Waals surface area contributed by atoms with Gasteiger partial charge < -0.3 is 15.8 Å². The summed E-state index contributed by atoms with van der Waals surface area (Å²) in [6.45, 7) is 0.322. The Hall–Kier alpha value is -2.34. The van der Waals surface area contributed by atoms with Crippen LogP contribution in [0.25, 0.3) is 0 Å². The van der Waals surface area contributed by atoms with Crippen molar-refractivity contribution in [3.05, 3.63) is 46.9 Å². The number of amides is 1. The highest BCUT2D eigenvalue weighted by molar-refractivity contribution is 6.32. The van der Waals surface area contributed by atoms with Gasteiger partial charge in [0.15, 0.2) is 0 Å². The second-order valence-electron chi connectivity index (χ2n) is 4.00. The molecule has 0 radical (unpaired) electrons. The molecule has 0 spiro atoms. The number of ether oxygens (including phenoxy) is 1. The first kappa shape index (κ1) is 14.1. The van der Waals surface area contributed by atoms with Gasteiger partial charge in [0, 0.05) is 18.8 Å². The van der Waals surface area contributed by atoms with Gasteiger partial charge in [-0.1, -0.05) is 11.6 Å². The topological polar surface area (TPSA) is 90.1 Å². The van der Waals surface area contributed by atoms with Crippen molar-refractivity contribution in [2.45, 2.75) is 6.54 Å². The van der Waals surface area contributed by atoms with Gasteiger partial charge in [-0.05, 0) is 17.7 Å². The molecule has 0 bridgehead atoms. The summed E-state index contributed by atoms with van der Waals surface area (Å²) in [5.41, 5.74) is 7.07. The highest BCUT2D eigenvalue weighted by Crippen LogP contribution is 2.15. The molecule has 104 valence electrons. The molecule has 2 aromatic rings. The van der Waals surface area contributed by atoms with Gasteiger partial charge in [0.2, 0.25) is 5.88 Å². The van der Waals surface area contributed by atoms with Gasteiger partial charge in [-0.3, -0.25) is 4.79 Å². The van der Waals surface area contributed by atoms with Crippen molar-refractivity contribution in [2.75, 3.05) is 12.8 Å². The fourth-order valence-electron chi connectivity index (χ4n) is 1.57. The third-order valence-electron chi connectivity index (χ3n) is 2.57. The van der Waals surface area contributed by atoms with Crippen molar-refractivity contribution in [1.29, 1.82) is 0 Å². The van der Waals surface area contributed by atoms with E-state index < -0.39 is 0 Å². The number of nitrogens with one attached hydrogen (secondary N) is 1. The lowest BCUT2D eigenvalue weighted by Crippen LogP contribution is -2.23. The van der Waals surface area contributed by atoms with Crippen molar-refractivity contribution in [2.24, 2.45) is 0 Å². The number of nitrogens with zero attached hydrogens (tertiary/aromatic N) is 2. The number of halogens is 1. The van der Waals surface area contributed by atoms with E-state index in [1.165, 1.54) is 19.4 Å². The first-order chi connectivity index (χ1) is 9.60. The van der Waals surface area contributed by atoms with Gasteiger partial charge in [0.25, 0.3) is 5.91 Å². The van der Waals surface area contributed by atoms with Crippen LogP contribution < -0.4 is 15.8 Å². The van der Waals surface area contributed by atoms with Crippen molar-refractivity contribution in [3.63, 3.8) is 0 Å². The Morgan fingerprint density at radius 2 is 2.25 bits per heavy atom. The smallest absolute Gasteiger partial charge is 0.254 e. The number of anilines is 1. The molecule has 2 rings (SSSR count). The maximum atomic E-state index is 12.0. The Morgan fingerprint density at radius 3 is 3.00 bits per heavy atom. The molecule has 20 heavy (non-hydrogen) atoms. The van der Waals surface area contributed by atoms with Crippen LogP contribution in [0, 0.1) is 0 Å². The lowest BCUT2D eigenvalue weighted by atomic mass is 10.2. The standard InChI is InChI=1S/C13H13ClN4O2/c1-20-11-4-8(2-3-16-11)6-18-13(19)10-5-9(15)7-17-12(10)14/h2-5,7H,6,15H2,1H3,(H,18,19). The third kappa shape index (κ3) is 3.36. The second kappa shape index (κ2) is 6.21. The number of hydrogen-bond donors (Lipinski definition) is 2. The number of hydrogen-bond acceptors (Lipinski definition) is 5. The van der Waals surface area contributed by atoms with Crippen LogP contribution in [0.5, 0.6) is 5.88 Å². The lowest BCUT2D eigenvalue weighted by Gasteiger charge is -2.07. The Balaban J connectivity index is 2.06. The van der Waals surface area contributed by atoms with Crippen molar-refractivity contribution >= 4 is 23.2 Å². The Labute approximate surface area is 120 Å². The molecule has 1 amide bonds. The van der Waals surface area contributed by atoms with Crippen molar-refractivity contribution in [3.8, 4) is 5.88 Å². The molecule has 0 aliphatic rings. The number of carbonyl (C=O) groups is 1. The summed E-state index contributed by atoms with van der Waals surface area (Å²) in [7, 11) is 1.53. The molecule has 2 aromatic heterocycles. The summed E-state index contributed by atoms with van der Waals surface area (Å²) < 4.78 is 5.01. The molecule has 0 aliphatic heterocycles. The van der Waals surface area contributed by atoms with E-state index in [2.05, 4.69) is 15.3 Å². The van der Waals surface area contributed by atoms with E-state index in [4.69, 9.17) is 22.1 Å². The van der Waals surface area contributed by atoms with E-state index in [0.717, 1.165) is 5.56 Å². The van der Waals surface area contributed by atoms with Gasteiger partial charge in [-0.15, -0.1) is 0 Å². The number of nitrogens with two attached hydrogens (primary N) is 1. The molecule has 0 saturated heterocycles. The van der Waals surface area contributed by atoms with E-state index in [9.17, 15) is 4.79 Å². The number of aromatic nitrogens is 2. The molecule has 0 unspecified atom stereocenters. The van der Waals surface area contributed by atoms with Crippen LogP contribution in [-0.2, 0) is 6.54 Å². The summed E-state index contributed by atoms with van der Waals surface area (Å²) in [5.74, 6) is 0.144. The van der Waals surface area contributed by atoms with Gasteiger partial charge in [-0.2, -0.15) is 0 Å². The first-order valence-corrected chi connectivity index (χ1v) is 6.16. The number of rotatable bonds is 4. The van der Waals surface area contributed by atoms with Crippen molar-refractivity contribution in [1.82, 2.24) is 15.3 Å². The number of methoxy groups -OCH3 is 1. The monoisotopic (exact) mass is 292 g/mol. The van der Waals surface area contributed by atoms with Crippen LogP contribution in [0.15, 0.2) is 30.6 Å². The average Bonchev–Trinajstić information content (AvgIpc) is 2.47. The summed E-state index contributed by atoms with van der Waals surface area (Å²) in [4.78, 5) is 19.8. The molecule has 2 heterocycles. The molecule has 0 atom stereocenters. The molecule has 7 heteroatoms. The average molecular weight is 293 g/mol. The van der Waals surface area contributed by atoms with E-state index in [-0.39, 0.29) is 16.6 Å². The summed E-state index contributed by atoms with van der Waals surface area (Å²) in [6.07, 6.45) is 3.00. The van der Waals surface area contributed by atoms with Gasteiger partial charge >= 0.3 is 0 Å². The zero-order chi connectivity index (χ0) is 14.5. The number of carbonyl (C=O) groups excluding carboxylic acids is 1. The van der Waals surface area contributed by atoms with E-state index >= 15 is 0 Å². The largest absolute Gasteiger partial charge is 0.481 e. The summed E-state index contributed by atoms with van der Waals surface area (Å²) in [6, 6.07) is 5.00. The Morgan fingerprint density at radius 1 is 1.45 bits per heavy atom. The minimum Gasteiger partial charge on any atom is -0.481 e. The van der Waals surface area contributed by atoms with Crippen LogP contribution in [-0.4, -0.2) is 23.0 Å². The fourth-order valence-corrected chi connectivity index (χ4v) is 1.76. The third-order valence-corrected chi connectivity index (χ3v) is 2.87. The highest BCUT2D eigenvalue weighted by atomic mass is 35.5. The summed E-state index contributed by atoms with van der Waals surface area (Å²) in [5, 5.41) is 2.85. The van der Waals surface area contributed by atoms with Crippen LogP contribution in [0.4, 0.5) is 5.69 Å². The van der Waals surface area contributed by atoms with Crippen LogP contribution in [0.3, 0.4) is 0 Å². The molecule has 0 aliphatic carbocycles. The van der Waals surface area contributed by atoms with Gasteiger partial charge in [0.1, 0.15) is 5.15 Å². The molecule has 3 N–H and O–H groups in total. The SMILES string of the molecule is COc1cc(CNC(=O)c2cc(N)cnc2Cl)ccn1. The van der Waals surface area contributed by atoms with Crippen molar-refractivity contribution < 1.29 is 9.53 Å². The molecular weight excluding hydrogens is 280 g/mol. The van der Waals surface area contributed by atoms with Crippen LogP contribution in [0.1, 0.15) is 15.9 Å². The van der Waals surface area contributed by atoms with E-state index in [0.29, 0.717) is 18.1 Å². The van der Waals surface area contributed by atoms with Gasteiger partial charge in [0.05, 0.1) is 24.6 Å². The second-order valence-corrected chi connectivity index (χ2v) is 4.35. The number of nitrogen functional groups attached to an aromatic ring is 1. The molecule has 6 nitrogen and oxygen atoms in total. The predicted molar refractivity (Wildman–Crippen MR) is 75.6 cm³/mol. The normalized spacial score (nSPS) is 10.1. The Kier molecular flexibility index (Phi) is 4.37. The minimum absolute atomic E-state index is 0.115. The van der Waals surface area contributed by atoms with Crippen LogP contribution in [0.2, 0.25) is 5.15 Å². The maximum absolute atomic E-state index is 12.0. The molecule has 0 aromatic carbocycles. The Bertz CT molecular complexity index is 634. The molecule has 0 saturated carbocycles. The lowest BCUT2D eigenvalue weighted by molar-refractivity contribution is 0.0950. The zero-order valence-electron chi connectivity index (χ0n) is 10.8. The molecule has 0 fully saturated rings. The zero-order valence-corrected chi connectivity index (χ0v) is 11.5.